The highest BCUT2D eigenvalue weighted by Crippen LogP contribution is 2.26. The average molecular weight is 472 g/mol. The van der Waals surface area contributed by atoms with Gasteiger partial charge in [-0.3, -0.25) is 9.69 Å². The van der Waals surface area contributed by atoms with Crippen LogP contribution < -0.4 is 0 Å². The highest BCUT2D eigenvalue weighted by atomic mass is 32.2. The Morgan fingerprint density at radius 2 is 1.55 bits per heavy atom. The van der Waals surface area contributed by atoms with Gasteiger partial charge in [0.2, 0.25) is 15.9 Å². The van der Waals surface area contributed by atoms with E-state index in [1.54, 1.807) is 0 Å². The van der Waals surface area contributed by atoms with Crippen molar-refractivity contribution in [3.8, 4) is 0 Å². The predicted molar refractivity (Wildman–Crippen MR) is 126 cm³/mol. The number of hydrogen-bond acceptors (Lipinski definition) is 4. The van der Waals surface area contributed by atoms with Gasteiger partial charge in [0.25, 0.3) is 0 Å². The lowest BCUT2D eigenvalue weighted by Gasteiger charge is -2.38. The number of carbonyl (C=O) groups is 1. The van der Waals surface area contributed by atoms with E-state index in [1.165, 1.54) is 28.1 Å². The summed E-state index contributed by atoms with van der Waals surface area (Å²) in [5, 5.41) is 0. The molecular formula is C25H30FN3O3S. The second-order valence-electron chi connectivity index (χ2n) is 8.55. The summed E-state index contributed by atoms with van der Waals surface area (Å²) >= 11 is 0. The summed E-state index contributed by atoms with van der Waals surface area (Å²) in [5.41, 5.74) is 1.18. The van der Waals surface area contributed by atoms with E-state index < -0.39 is 15.8 Å². The molecule has 0 aromatic heterocycles. The Morgan fingerprint density at radius 1 is 0.909 bits per heavy atom. The Kier molecular flexibility index (Phi) is 7.57. The molecule has 0 spiro atoms. The highest BCUT2D eigenvalue weighted by Gasteiger charge is 2.35. The Hall–Kier alpha value is -2.55. The van der Waals surface area contributed by atoms with Crippen LogP contribution in [0.5, 0.6) is 0 Å². The van der Waals surface area contributed by atoms with Crippen molar-refractivity contribution in [1.82, 2.24) is 14.1 Å². The Morgan fingerprint density at radius 3 is 2.21 bits per heavy atom. The first-order valence-electron chi connectivity index (χ1n) is 11.4. The van der Waals surface area contributed by atoms with Crippen molar-refractivity contribution in [2.75, 3.05) is 45.8 Å². The van der Waals surface area contributed by atoms with Gasteiger partial charge in [0, 0.05) is 51.7 Å². The van der Waals surface area contributed by atoms with Crippen molar-refractivity contribution < 1.29 is 17.6 Å². The number of halogens is 1. The lowest BCUT2D eigenvalue weighted by molar-refractivity contribution is -0.138. The number of amides is 1. The first-order valence-corrected chi connectivity index (χ1v) is 12.9. The molecule has 1 amide bonds. The largest absolute Gasteiger partial charge is 0.340 e. The lowest BCUT2D eigenvalue weighted by Crippen LogP contribution is -2.51. The molecule has 2 aromatic carbocycles. The molecular weight excluding hydrogens is 441 g/mol. The summed E-state index contributed by atoms with van der Waals surface area (Å²) in [7, 11) is -3.88. The molecule has 2 aromatic rings. The normalized spacial score (nSPS) is 19.2. The van der Waals surface area contributed by atoms with Crippen molar-refractivity contribution in [3.05, 3.63) is 72.1 Å². The van der Waals surface area contributed by atoms with Crippen molar-refractivity contribution >= 4 is 22.0 Å². The molecule has 2 saturated heterocycles. The fraction of sp³-hybridized carbons (Fsp3) is 0.400. The minimum absolute atomic E-state index is 0.109. The molecule has 2 heterocycles. The van der Waals surface area contributed by atoms with Crippen molar-refractivity contribution in [2.45, 2.75) is 17.7 Å². The van der Waals surface area contributed by atoms with E-state index in [1.807, 2.05) is 23.1 Å². The number of sulfonamides is 1. The standard InChI is InChI=1S/C25H30FN3O3S/c26-23-10-4-5-11-24(23)33(31,32)29-15-12-22(13-16-29)25(30)28-19-17-27(18-20-28)14-6-9-21-7-2-1-3-8-21/h1-11,22H,12-20H2/b9-6+. The van der Waals surface area contributed by atoms with Gasteiger partial charge in [-0.25, -0.2) is 12.8 Å². The number of hydrogen-bond donors (Lipinski definition) is 0. The average Bonchev–Trinajstić information content (AvgIpc) is 2.85. The number of rotatable bonds is 6. The molecule has 0 bridgehead atoms. The maximum atomic E-state index is 14.0. The molecule has 0 saturated carbocycles. The van der Waals surface area contributed by atoms with Crippen LogP contribution in [0.4, 0.5) is 4.39 Å². The molecule has 4 rings (SSSR count). The minimum atomic E-state index is -3.88. The summed E-state index contributed by atoms with van der Waals surface area (Å²) < 4.78 is 40.9. The van der Waals surface area contributed by atoms with Crippen LogP contribution in [0.1, 0.15) is 18.4 Å². The molecule has 0 atom stereocenters. The van der Waals surface area contributed by atoms with Crippen LogP contribution in [0, 0.1) is 11.7 Å². The second-order valence-corrected chi connectivity index (χ2v) is 10.5. The van der Waals surface area contributed by atoms with Gasteiger partial charge in [-0.2, -0.15) is 4.31 Å². The molecule has 176 valence electrons. The fourth-order valence-corrected chi connectivity index (χ4v) is 5.98. The van der Waals surface area contributed by atoms with Crippen LogP contribution in [-0.4, -0.2) is 74.2 Å². The molecule has 0 aliphatic carbocycles. The summed E-state index contributed by atoms with van der Waals surface area (Å²) in [6.07, 6.45) is 5.19. The zero-order valence-electron chi connectivity index (χ0n) is 18.6. The molecule has 2 aliphatic heterocycles. The Bertz CT molecular complexity index is 1080. The van der Waals surface area contributed by atoms with E-state index in [0.717, 1.165) is 25.7 Å². The van der Waals surface area contributed by atoms with Crippen LogP contribution in [0.25, 0.3) is 6.08 Å². The van der Waals surface area contributed by atoms with Gasteiger partial charge < -0.3 is 4.90 Å². The predicted octanol–water partition coefficient (Wildman–Crippen LogP) is 3.08. The summed E-state index contributed by atoms with van der Waals surface area (Å²) in [5.74, 6) is -0.814. The van der Waals surface area contributed by atoms with Crippen molar-refractivity contribution in [1.29, 1.82) is 0 Å². The number of piperidine rings is 1. The fourth-order valence-electron chi connectivity index (χ4n) is 4.45. The molecule has 0 radical (unpaired) electrons. The zero-order valence-corrected chi connectivity index (χ0v) is 19.5. The number of piperazine rings is 1. The third-order valence-corrected chi connectivity index (χ3v) is 8.35. The molecule has 0 N–H and O–H groups in total. The molecule has 2 fully saturated rings. The van der Waals surface area contributed by atoms with Gasteiger partial charge >= 0.3 is 0 Å². The third kappa shape index (κ3) is 5.69. The Balaban J connectivity index is 1.24. The van der Waals surface area contributed by atoms with Crippen molar-refractivity contribution in [2.24, 2.45) is 5.92 Å². The molecule has 6 nitrogen and oxygen atoms in total. The molecule has 2 aliphatic rings. The smallest absolute Gasteiger partial charge is 0.245 e. The first kappa shape index (κ1) is 23.6. The van der Waals surface area contributed by atoms with Crippen LogP contribution in [0.3, 0.4) is 0 Å². The highest BCUT2D eigenvalue weighted by molar-refractivity contribution is 7.89. The monoisotopic (exact) mass is 471 g/mol. The van der Waals surface area contributed by atoms with Crippen LogP contribution in [-0.2, 0) is 14.8 Å². The maximum Gasteiger partial charge on any atom is 0.245 e. The van der Waals surface area contributed by atoms with Gasteiger partial charge in [0.05, 0.1) is 0 Å². The van der Waals surface area contributed by atoms with Crippen molar-refractivity contribution in [3.63, 3.8) is 0 Å². The Labute approximate surface area is 195 Å². The van der Waals surface area contributed by atoms with Gasteiger partial charge in [-0.1, -0.05) is 54.6 Å². The maximum absolute atomic E-state index is 14.0. The zero-order chi connectivity index (χ0) is 23.3. The van der Waals surface area contributed by atoms with E-state index in [4.69, 9.17) is 0 Å². The quantitative estimate of drug-likeness (QED) is 0.650. The molecule has 0 unspecified atom stereocenters. The topological polar surface area (TPSA) is 60.9 Å². The molecule has 8 heteroatoms. The third-order valence-electron chi connectivity index (χ3n) is 6.42. The number of nitrogens with zero attached hydrogens (tertiary/aromatic N) is 3. The van der Waals surface area contributed by atoms with Gasteiger partial charge in [-0.05, 0) is 30.5 Å². The van der Waals surface area contributed by atoms with E-state index in [9.17, 15) is 17.6 Å². The summed E-state index contributed by atoms with van der Waals surface area (Å²) in [6.45, 7) is 4.34. The van der Waals surface area contributed by atoms with E-state index >= 15 is 0 Å². The van der Waals surface area contributed by atoms with E-state index in [2.05, 4.69) is 29.2 Å². The van der Waals surface area contributed by atoms with Crippen LogP contribution in [0.15, 0.2) is 65.6 Å². The summed E-state index contributed by atoms with van der Waals surface area (Å²) in [6, 6.07) is 15.6. The van der Waals surface area contributed by atoms with E-state index in [0.29, 0.717) is 25.9 Å². The van der Waals surface area contributed by atoms with Gasteiger partial charge in [0.1, 0.15) is 10.7 Å². The van der Waals surface area contributed by atoms with E-state index in [-0.39, 0.29) is 29.8 Å². The van der Waals surface area contributed by atoms with Crippen LogP contribution >= 0.6 is 0 Å². The number of benzene rings is 2. The molecule has 33 heavy (non-hydrogen) atoms. The summed E-state index contributed by atoms with van der Waals surface area (Å²) in [4.78, 5) is 16.9. The lowest BCUT2D eigenvalue weighted by atomic mass is 9.96. The van der Waals surface area contributed by atoms with Crippen LogP contribution in [0.2, 0.25) is 0 Å². The SMILES string of the molecule is O=C(C1CCN(S(=O)(=O)c2ccccc2F)CC1)N1CCN(C/C=C/c2ccccc2)CC1. The number of carbonyl (C=O) groups excluding carboxylic acids is 1. The minimum Gasteiger partial charge on any atom is -0.340 e. The first-order chi connectivity index (χ1) is 15.9. The van der Waals surface area contributed by atoms with Gasteiger partial charge in [-0.15, -0.1) is 0 Å². The second kappa shape index (κ2) is 10.6. The van der Waals surface area contributed by atoms with Gasteiger partial charge in [0.15, 0.2) is 0 Å².